The number of unbranched alkanes of at least 4 members (excludes halogenated alkanes) is 52. The summed E-state index contributed by atoms with van der Waals surface area (Å²) in [5.41, 5.74) is 0. The van der Waals surface area contributed by atoms with E-state index in [1.54, 1.807) is 0 Å². The molecule has 0 aliphatic heterocycles. The van der Waals surface area contributed by atoms with Gasteiger partial charge in [-0.2, -0.15) is 0 Å². The Morgan fingerprint density at radius 1 is 0.280 bits per heavy atom. The molecule has 6 atom stereocenters. The SMILES string of the molecule is CCCCCCCCCCCCCCCCCCCCCCCCC(=O)O[C@H](COC(=O)CCCCCCCCCCCCCCCC)COP(=O)(O)OC[C@@H](O)COP(=O)(O)OC[C@@H](COC(=O)CCCCCCCCC(C)CC)OC(=O)CCCCCCCCCCCCCCCC. The van der Waals surface area contributed by atoms with Gasteiger partial charge < -0.3 is 33.8 Å². The van der Waals surface area contributed by atoms with Gasteiger partial charge in [0.15, 0.2) is 12.2 Å². The molecule has 0 amide bonds. The molecule has 594 valence electrons. The van der Waals surface area contributed by atoms with Gasteiger partial charge in [-0.15, -0.1) is 0 Å². The molecule has 100 heavy (non-hydrogen) atoms. The third-order valence-electron chi connectivity index (χ3n) is 19.4. The van der Waals surface area contributed by atoms with Crippen LogP contribution in [0.1, 0.15) is 433 Å². The van der Waals surface area contributed by atoms with E-state index in [0.29, 0.717) is 25.7 Å². The lowest BCUT2D eigenvalue weighted by Crippen LogP contribution is -2.30. The Kier molecular flexibility index (Phi) is 72.5. The second-order valence-corrected chi connectivity index (χ2v) is 32.3. The predicted octanol–water partition coefficient (Wildman–Crippen LogP) is 24.4. The third-order valence-corrected chi connectivity index (χ3v) is 21.3. The predicted molar refractivity (Wildman–Crippen MR) is 409 cm³/mol. The molecular formula is C81H158O17P2. The average molecular weight is 1470 g/mol. The molecule has 0 rings (SSSR count). The fourth-order valence-electron chi connectivity index (χ4n) is 12.6. The van der Waals surface area contributed by atoms with E-state index in [9.17, 15) is 43.2 Å². The standard InChI is InChI=1S/C81H158O17P2/c1-6-10-13-16-19-22-25-28-31-32-33-34-35-36-37-38-41-44-47-50-57-62-67-80(85)97-76(70-91-78(83)64-59-54-48-45-42-39-29-26-23-20-17-14-11-7-2)72-95-99(87,88)93-68-75(82)69-94-100(89,90)96-73-77(71-92-79(84)65-60-55-52-51-53-58-63-74(5)9-4)98-81(86)66-61-56-49-46-43-40-30-27-24-21-18-15-12-8-3/h74-77,82H,6-73H2,1-5H3,(H,87,88)(H,89,90)/t74?,75-,76-,77-/m1/s1. The lowest BCUT2D eigenvalue weighted by molar-refractivity contribution is -0.161. The highest BCUT2D eigenvalue weighted by atomic mass is 31.2. The molecule has 3 N–H and O–H groups in total. The second-order valence-electron chi connectivity index (χ2n) is 29.4. The average Bonchev–Trinajstić information content (AvgIpc) is 0.969. The van der Waals surface area contributed by atoms with Gasteiger partial charge in [0, 0.05) is 25.7 Å². The van der Waals surface area contributed by atoms with E-state index in [0.717, 1.165) is 102 Å². The Balaban J connectivity index is 5.20. The number of hydrogen-bond donors (Lipinski definition) is 3. The highest BCUT2D eigenvalue weighted by Gasteiger charge is 2.30. The summed E-state index contributed by atoms with van der Waals surface area (Å²) < 4.78 is 68.7. The Morgan fingerprint density at radius 3 is 0.710 bits per heavy atom. The topological polar surface area (TPSA) is 237 Å². The normalized spacial score (nSPS) is 14.1. The number of carbonyl (C=O) groups is 4. The number of esters is 4. The largest absolute Gasteiger partial charge is 0.472 e. The molecule has 0 spiro atoms. The molecule has 0 saturated carbocycles. The maximum atomic E-state index is 13.1. The van der Waals surface area contributed by atoms with Crippen molar-refractivity contribution in [3.8, 4) is 0 Å². The number of hydrogen-bond acceptors (Lipinski definition) is 15. The fraction of sp³-hybridized carbons (Fsp3) is 0.951. The van der Waals surface area contributed by atoms with Gasteiger partial charge in [-0.05, 0) is 31.6 Å². The van der Waals surface area contributed by atoms with Crippen LogP contribution < -0.4 is 0 Å². The minimum Gasteiger partial charge on any atom is -0.462 e. The molecule has 0 radical (unpaired) electrons. The van der Waals surface area contributed by atoms with Gasteiger partial charge in [-0.25, -0.2) is 9.13 Å². The summed E-state index contributed by atoms with van der Waals surface area (Å²) in [5.74, 6) is -1.38. The van der Waals surface area contributed by atoms with Crippen molar-refractivity contribution in [2.75, 3.05) is 39.6 Å². The summed E-state index contributed by atoms with van der Waals surface area (Å²) >= 11 is 0. The molecule has 0 aromatic rings. The quantitative estimate of drug-likeness (QED) is 0.0222. The van der Waals surface area contributed by atoms with Gasteiger partial charge >= 0.3 is 39.5 Å². The van der Waals surface area contributed by atoms with Crippen molar-refractivity contribution in [3.05, 3.63) is 0 Å². The van der Waals surface area contributed by atoms with Crippen LogP contribution in [0.4, 0.5) is 0 Å². The van der Waals surface area contributed by atoms with Crippen molar-refractivity contribution in [2.24, 2.45) is 5.92 Å². The van der Waals surface area contributed by atoms with Gasteiger partial charge in [0.05, 0.1) is 26.4 Å². The second kappa shape index (κ2) is 73.9. The number of ether oxygens (including phenoxy) is 4. The molecule has 0 bridgehead atoms. The zero-order valence-electron chi connectivity index (χ0n) is 65.3. The molecule has 17 nitrogen and oxygen atoms in total. The zero-order chi connectivity index (χ0) is 73.4. The molecule has 0 fully saturated rings. The Hall–Kier alpha value is -1.94. The number of aliphatic hydroxyl groups is 1. The van der Waals surface area contributed by atoms with E-state index < -0.39 is 97.5 Å². The highest BCUT2D eigenvalue weighted by Crippen LogP contribution is 2.45. The number of aliphatic hydroxyl groups excluding tert-OH is 1. The van der Waals surface area contributed by atoms with Crippen LogP contribution in [0, 0.1) is 5.92 Å². The zero-order valence-corrected chi connectivity index (χ0v) is 67.1. The van der Waals surface area contributed by atoms with Crippen LogP contribution in [-0.4, -0.2) is 96.7 Å². The van der Waals surface area contributed by atoms with Crippen LogP contribution in [-0.2, 0) is 65.4 Å². The molecule has 3 unspecified atom stereocenters. The molecule has 0 aliphatic rings. The molecule has 0 heterocycles. The van der Waals surface area contributed by atoms with Gasteiger partial charge in [-0.3, -0.25) is 37.3 Å². The minimum absolute atomic E-state index is 0.107. The number of rotatable bonds is 81. The van der Waals surface area contributed by atoms with E-state index in [4.69, 9.17) is 37.0 Å². The Bertz CT molecular complexity index is 1910. The first-order chi connectivity index (χ1) is 48.6. The fourth-order valence-corrected chi connectivity index (χ4v) is 14.1. The lowest BCUT2D eigenvalue weighted by Gasteiger charge is -2.21. The maximum Gasteiger partial charge on any atom is 0.472 e. The number of phosphoric ester groups is 2. The third kappa shape index (κ3) is 73.0. The van der Waals surface area contributed by atoms with E-state index in [-0.39, 0.29) is 25.7 Å². The van der Waals surface area contributed by atoms with Crippen molar-refractivity contribution in [2.45, 2.75) is 451 Å². The van der Waals surface area contributed by atoms with E-state index in [2.05, 4.69) is 34.6 Å². The van der Waals surface area contributed by atoms with E-state index in [1.807, 2.05) is 0 Å². The Labute approximate surface area is 613 Å². The first-order valence-electron chi connectivity index (χ1n) is 42.2. The smallest absolute Gasteiger partial charge is 0.462 e. The van der Waals surface area contributed by atoms with Gasteiger partial charge in [-0.1, -0.05) is 381 Å². The summed E-state index contributed by atoms with van der Waals surface area (Å²) in [6, 6.07) is 0. The van der Waals surface area contributed by atoms with Crippen LogP contribution >= 0.6 is 15.6 Å². The van der Waals surface area contributed by atoms with Crippen LogP contribution in [0.3, 0.4) is 0 Å². The molecule has 0 saturated heterocycles. The van der Waals surface area contributed by atoms with Gasteiger partial charge in [0.2, 0.25) is 0 Å². The summed E-state index contributed by atoms with van der Waals surface area (Å²) in [4.78, 5) is 73.0. The first-order valence-corrected chi connectivity index (χ1v) is 45.2. The number of phosphoric acid groups is 2. The van der Waals surface area contributed by atoms with Crippen LogP contribution in [0.25, 0.3) is 0 Å². The van der Waals surface area contributed by atoms with Crippen LogP contribution in [0.15, 0.2) is 0 Å². The van der Waals surface area contributed by atoms with E-state index >= 15 is 0 Å². The number of carbonyl (C=O) groups excluding carboxylic acids is 4. The summed E-state index contributed by atoms with van der Waals surface area (Å²) in [6.45, 7) is 7.29. The van der Waals surface area contributed by atoms with Crippen molar-refractivity contribution in [1.29, 1.82) is 0 Å². The lowest BCUT2D eigenvalue weighted by atomic mass is 10.00. The maximum absolute atomic E-state index is 13.1. The van der Waals surface area contributed by atoms with Gasteiger partial charge in [0.25, 0.3) is 0 Å². The van der Waals surface area contributed by atoms with Gasteiger partial charge in [0.1, 0.15) is 19.3 Å². The van der Waals surface area contributed by atoms with Crippen molar-refractivity contribution in [3.63, 3.8) is 0 Å². The molecular weight excluding hydrogens is 1310 g/mol. The molecule has 0 aliphatic carbocycles. The van der Waals surface area contributed by atoms with Crippen molar-refractivity contribution < 1.29 is 80.2 Å². The Morgan fingerprint density at radius 2 is 0.480 bits per heavy atom. The van der Waals surface area contributed by atoms with Crippen molar-refractivity contribution in [1.82, 2.24) is 0 Å². The summed E-state index contributed by atoms with van der Waals surface area (Å²) in [6.07, 6.45) is 65.3. The molecule has 19 heteroatoms. The minimum atomic E-state index is -4.96. The summed E-state index contributed by atoms with van der Waals surface area (Å²) in [5, 5.41) is 10.6. The van der Waals surface area contributed by atoms with Crippen LogP contribution in [0.2, 0.25) is 0 Å². The van der Waals surface area contributed by atoms with Crippen LogP contribution in [0.5, 0.6) is 0 Å². The van der Waals surface area contributed by atoms with E-state index in [1.165, 1.54) is 250 Å². The first kappa shape index (κ1) is 98.1. The van der Waals surface area contributed by atoms with Crippen molar-refractivity contribution >= 4 is 39.5 Å². The monoisotopic (exact) mass is 1470 g/mol. The highest BCUT2D eigenvalue weighted by molar-refractivity contribution is 7.47. The molecule has 0 aromatic carbocycles. The molecule has 0 aromatic heterocycles. The summed E-state index contributed by atoms with van der Waals surface area (Å²) in [7, 11) is -9.92.